The Morgan fingerprint density at radius 2 is 2.05 bits per heavy atom. The standard InChI is InChI=1S/C27H34ClN7O2S/c1-20-17-33(13-14-35(20)26(37)22-8-3-2-4-9-22)24-15-23(28)31-27(32-24)38-19-25(36)34(12-6-10-29)18-21-7-5-11-30-16-21/h5,7,11,15-16,20,22H,2-4,6,8-9,12-14,17-19H2,1H3. The predicted molar refractivity (Wildman–Crippen MR) is 148 cm³/mol. The van der Waals surface area contributed by atoms with Crippen molar-refractivity contribution in [2.45, 2.75) is 63.2 Å². The van der Waals surface area contributed by atoms with E-state index in [1.165, 1.54) is 18.2 Å². The Kier molecular flexibility index (Phi) is 10.2. The molecule has 3 heterocycles. The van der Waals surface area contributed by atoms with Gasteiger partial charge in [0.25, 0.3) is 0 Å². The molecule has 0 N–H and O–H groups in total. The maximum Gasteiger partial charge on any atom is 0.233 e. The van der Waals surface area contributed by atoms with Crippen LogP contribution in [-0.4, -0.2) is 74.5 Å². The van der Waals surface area contributed by atoms with Crippen molar-refractivity contribution in [2.24, 2.45) is 5.92 Å². The van der Waals surface area contributed by atoms with E-state index in [0.717, 1.165) is 31.2 Å². The molecule has 9 nitrogen and oxygen atoms in total. The second-order valence-electron chi connectivity index (χ2n) is 9.87. The number of pyridine rings is 1. The first kappa shape index (κ1) is 28.1. The Bertz CT molecular complexity index is 1140. The molecular weight excluding hydrogens is 522 g/mol. The molecule has 1 unspecified atom stereocenters. The van der Waals surface area contributed by atoms with Gasteiger partial charge in [-0.25, -0.2) is 9.97 Å². The van der Waals surface area contributed by atoms with E-state index >= 15 is 0 Å². The molecule has 1 aliphatic carbocycles. The number of amides is 2. The van der Waals surface area contributed by atoms with Crippen LogP contribution in [0.4, 0.5) is 5.82 Å². The number of carbonyl (C=O) groups excluding carboxylic acids is 2. The van der Waals surface area contributed by atoms with Crippen LogP contribution < -0.4 is 4.90 Å². The molecule has 1 saturated heterocycles. The van der Waals surface area contributed by atoms with Crippen molar-refractivity contribution in [2.75, 3.05) is 36.8 Å². The fourth-order valence-corrected chi connectivity index (χ4v) is 6.08. The highest BCUT2D eigenvalue weighted by Crippen LogP contribution is 2.29. The van der Waals surface area contributed by atoms with Crippen LogP contribution in [0.5, 0.6) is 0 Å². The first-order chi connectivity index (χ1) is 18.4. The lowest BCUT2D eigenvalue weighted by Gasteiger charge is -2.42. The van der Waals surface area contributed by atoms with Crippen LogP contribution in [0.25, 0.3) is 0 Å². The van der Waals surface area contributed by atoms with Gasteiger partial charge in [0.15, 0.2) is 5.16 Å². The van der Waals surface area contributed by atoms with Crippen LogP contribution in [0.15, 0.2) is 35.7 Å². The first-order valence-electron chi connectivity index (χ1n) is 13.2. The molecule has 202 valence electrons. The van der Waals surface area contributed by atoms with E-state index in [4.69, 9.17) is 16.9 Å². The molecule has 1 saturated carbocycles. The molecule has 1 aliphatic heterocycles. The molecule has 2 aromatic rings. The molecule has 2 aliphatic rings. The Morgan fingerprint density at radius 3 is 2.76 bits per heavy atom. The molecule has 11 heteroatoms. The molecule has 0 spiro atoms. The minimum absolute atomic E-state index is 0.0748. The van der Waals surface area contributed by atoms with Gasteiger partial charge >= 0.3 is 0 Å². The summed E-state index contributed by atoms with van der Waals surface area (Å²) >= 11 is 7.58. The van der Waals surface area contributed by atoms with Crippen LogP contribution in [0.1, 0.15) is 51.0 Å². The number of thioether (sulfide) groups is 1. The number of hydrogen-bond acceptors (Lipinski definition) is 8. The first-order valence-corrected chi connectivity index (χ1v) is 14.6. The summed E-state index contributed by atoms with van der Waals surface area (Å²) < 4.78 is 0. The quantitative estimate of drug-likeness (QED) is 0.258. The normalized spacial score (nSPS) is 18.2. The molecule has 4 rings (SSSR count). The summed E-state index contributed by atoms with van der Waals surface area (Å²) in [5.41, 5.74) is 0.903. The average Bonchev–Trinajstić information content (AvgIpc) is 2.94. The van der Waals surface area contributed by atoms with Crippen LogP contribution in [0, 0.1) is 17.2 Å². The zero-order chi connectivity index (χ0) is 26.9. The monoisotopic (exact) mass is 555 g/mol. The molecule has 0 bridgehead atoms. The number of anilines is 1. The summed E-state index contributed by atoms with van der Waals surface area (Å²) in [6.07, 6.45) is 9.18. The van der Waals surface area contributed by atoms with Crippen LogP contribution in [0.2, 0.25) is 5.15 Å². The second-order valence-corrected chi connectivity index (χ2v) is 11.2. The lowest BCUT2D eigenvalue weighted by Crippen LogP contribution is -2.55. The lowest BCUT2D eigenvalue weighted by atomic mass is 9.88. The third-order valence-corrected chi connectivity index (χ3v) is 8.14. The second kappa shape index (κ2) is 13.8. The van der Waals surface area contributed by atoms with Gasteiger partial charge in [0, 0.05) is 63.1 Å². The van der Waals surface area contributed by atoms with Crippen molar-refractivity contribution < 1.29 is 9.59 Å². The highest BCUT2D eigenvalue weighted by molar-refractivity contribution is 7.99. The summed E-state index contributed by atoms with van der Waals surface area (Å²) in [5, 5.41) is 9.76. The maximum atomic E-state index is 13.1. The van der Waals surface area contributed by atoms with Gasteiger partial charge in [0.1, 0.15) is 11.0 Å². The Balaban J connectivity index is 1.36. The fourth-order valence-electron chi connectivity index (χ4n) is 5.10. The van der Waals surface area contributed by atoms with Gasteiger partial charge in [-0.05, 0) is 31.4 Å². The van der Waals surface area contributed by atoms with E-state index in [1.807, 2.05) is 17.0 Å². The smallest absolute Gasteiger partial charge is 0.233 e. The predicted octanol–water partition coefficient (Wildman–Crippen LogP) is 4.18. The van der Waals surface area contributed by atoms with E-state index in [9.17, 15) is 9.59 Å². The van der Waals surface area contributed by atoms with Crippen molar-refractivity contribution in [3.63, 3.8) is 0 Å². The Labute approximate surface area is 233 Å². The van der Waals surface area contributed by atoms with Crippen molar-refractivity contribution in [3.8, 4) is 6.07 Å². The molecule has 1 atom stereocenters. The summed E-state index contributed by atoms with van der Waals surface area (Å²) in [6, 6.07) is 7.65. The minimum atomic E-state index is -0.109. The van der Waals surface area contributed by atoms with E-state index in [1.54, 1.807) is 23.4 Å². The van der Waals surface area contributed by atoms with Crippen LogP contribution in [-0.2, 0) is 16.1 Å². The number of nitrogens with zero attached hydrogens (tertiary/aromatic N) is 7. The number of nitriles is 1. The number of rotatable bonds is 9. The Hall–Kier alpha value is -2.90. The molecule has 2 fully saturated rings. The van der Waals surface area contributed by atoms with Crippen molar-refractivity contribution >= 4 is 41.0 Å². The van der Waals surface area contributed by atoms with Crippen molar-refractivity contribution in [1.82, 2.24) is 24.8 Å². The SMILES string of the molecule is CC1CN(c2cc(Cl)nc(SCC(=O)N(CCC#N)Cc3cccnc3)n2)CCN1C(=O)C1CCCCC1. The number of hydrogen-bond donors (Lipinski definition) is 0. The van der Waals surface area contributed by atoms with Gasteiger partial charge in [-0.3, -0.25) is 14.6 Å². The van der Waals surface area contributed by atoms with Crippen molar-refractivity contribution in [1.29, 1.82) is 5.26 Å². The molecule has 38 heavy (non-hydrogen) atoms. The average molecular weight is 556 g/mol. The number of halogens is 1. The van der Waals surface area contributed by atoms with E-state index in [-0.39, 0.29) is 30.0 Å². The van der Waals surface area contributed by atoms with Crippen LogP contribution >= 0.6 is 23.4 Å². The van der Waals surface area contributed by atoms with Gasteiger partial charge in [-0.2, -0.15) is 5.26 Å². The van der Waals surface area contributed by atoms with Gasteiger partial charge < -0.3 is 14.7 Å². The van der Waals surface area contributed by atoms with Gasteiger partial charge in [0.2, 0.25) is 11.8 Å². The molecule has 2 aromatic heterocycles. The summed E-state index contributed by atoms with van der Waals surface area (Å²) in [4.78, 5) is 45.0. The Morgan fingerprint density at radius 1 is 1.24 bits per heavy atom. The van der Waals surface area contributed by atoms with Gasteiger partial charge in [-0.1, -0.05) is 48.7 Å². The third-order valence-electron chi connectivity index (χ3n) is 7.12. The highest BCUT2D eigenvalue weighted by Gasteiger charge is 2.33. The number of aromatic nitrogens is 3. The molecule has 0 radical (unpaired) electrons. The third kappa shape index (κ3) is 7.58. The van der Waals surface area contributed by atoms with Gasteiger partial charge in [0.05, 0.1) is 18.2 Å². The zero-order valence-corrected chi connectivity index (χ0v) is 23.3. The summed E-state index contributed by atoms with van der Waals surface area (Å²) in [7, 11) is 0. The van der Waals surface area contributed by atoms with E-state index in [2.05, 4.69) is 32.8 Å². The van der Waals surface area contributed by atoms with Gasteiger partial charge in [-0.15, -0.1) is 0 Å². The lowest BCUT2D eigenvalue weighted by molar-refractivity contribution is -0.139. The summed E-state index contributed by atoms with van der Waals surface area (Å²) in [6.45, 7) is 4.81. The molecular formula is C27H34ClN7O2S. The number of carbonyl (C=O) groups is 2. The van der Waals surface area contributed by atoms with E-state index in [0.29, 0.717) is 54.8 Å². The minimum Gasteiger partial charge on any atom is -0.353 e. The highest BCUT2D eigenvalue weighted by atomic mass is 35.5. The van der Waals surface area contributed by atoms with Crippen LogP contribution in [0.3, 0.4) is 0 Å². The largest absolute Gasteiger partial charge is 0.353 e. The molecule has 2 amide bonds. The topological polar surface area (TPSA) is 106 Å². The van der Waals surface area contributed by atoms with E-state index < -0.39 is 0 Å². The van der Waals surface area contributed by atoms with Crippen molar-refractivity contribution in [3.05, 3.63) is 41.3 Å². The zero-order valence-electron chi connectivity index (χ0n) is 21.8. The number of piperazine rings is 1. The molecule has 0 aromatic carbocycles. The fraction of sp³-hybridized carbons (Fsp3) is 0.556. The maximum absolute atomic E-state index is 13.1. The summed E-state index contributed by atoms with van der Waals surface area (Å²) in [5.74, 6) is 1.18.